The average Bonchev–Trinajstić information content (AvgIpc) is 3.24. The first-order valence-corrected chi connectivity index (χ1v) is 9.22. The number of ether oxygens (including phenoxy) is 1. The lowest BCUT2D eigenvalue weighted by Crippen LogP contribution is -2.41. The fourth-order valence-electron chi connectivity index (χ4n) is 3.59. The maximum atomic E-state index is 13.2. The number of carbonyl (C=O) groups excluding carboxylic acids is 1. The monoisotopic (exact) mass is 378 g/mol. The van der Waals surface area contributed by atoms with Crippen molar-refractivity contribution in [3.8, 4) is 11.4 Å². The summed E-state index contributed by atoms with van der Waals surface area (Å²) in [4.78, 5) is 17.4. The fourth-order valence-corrected chi connectivity index (χ4v) is 3.59. The van der Waals surface area contributed by atoms with E-state index in [1.54, 1.807) is 42.6 Å². The highest BCUT2D eigenvalue weighted by molar-refractivity contribution is 5.98. The van der Waals surface area contributed by atoms with E-state index in [4.69, 9.17) is 4.74 Å². The van der Waals surface area contributed by atoms with Gasteiger partial charge in [0, 0.05) is 18.6 Å². The molecule has 0 radical (unpaired) electrons. The summed E-state index contributed by atoms with van der Waals surface area (Å²) >= 11 is 0. The minimum atomic E-state index is -0.320. The molecular weight excluding hydrogens is 356 g/mol. The van der Waals surface area contributed by atoms with Gasteiger partial charge in [-0.25, -0.2) is 4.68 Å². The van der Waals surface area contributed by atoms with E-state index in [0.29, 0.717) is 29.8 Å². The van der Waals surface area contributed by atoms with Crippen LogP contribution in [-0.4, -0.2) is 39.0 Å². The van der Waals surface area contributed by atoms with Crippen molar-refractivity contribution in [3.05, 3.63) is 72.3 Å². The van der Waals surface area contributed by atoms with E-state index in [-0.39, 0.29) is 24.0 Å². The second-order valence-electron chi connectivity index (χ2n) is 6.96. The van der Waals surface area contributed by atoms with Gasteiger partial charge in [0.2, 0.25) is 0 Å². The van der Waals surface area contributed by atoms with Gasteiger partial charge >= 0.3 is 0 Å². The SMILES string of the molecule is COc1cncc(C(NC(=O)c2ccccc2-n2cccn2)C2CC(O)C2)c1. The molecule has 2 N–H and O–H groups in total. The van der Waals surface area contributed by atoms with Gasteiger partial charge in [-0.05, 0) is 48.6 Å². The maximum absolute atomic E-state index is 13.2. The molecule has 1 aromatic carbocycles. The number of methoxy groups -OCH3 is 1. The number of aliphatic hydroxyl groups is 1. The molecule has 0 spiro atoms. The molecule has 2 aromatic heterocycles. The van der Waals surface area contributed by atoms with Gasteiger partial charge in [-0.15, -0.1) is 0 Å². The smallest absolute Gasteiger partial charge is 0.253 e. The van der Waals surface area contributed by atoms with Crippen LogP contribution in [0.3, 0.4) is 0 Å². The standard InChI is InChI=1S/C21H22N4O3/c1-28-17-11-15(12-22-13-17)20(14-9-16(26)10-14)24-21(27)18-5-2-3-6-19(18)25-8-4-7-23-25/h2-8,11-14,16,20,26H,9-10H2,1H3,(H,24,27). The van der Waals surface area contributed by atoms with Crippen molar-refractivity contribution in [1.82, 2.24) is 20.1 Å². The van der Waals surface area contributed by atoms with Gasteiger partial charge in [-0.2, -0.15) is 5.10 Å². The van der Waals surface area contributed by atoms with Crippen molar-refractivity contribution in [2.75, 3.05) is 7.11 Å². The topological polar surface area (TPSA) is 89.3 Å². The molecule has 1 aliphatic rings. The van der Waals surface area contributed by atoms with Crippen molar-refractivity contribution in [3.63, 3.8) is 0 Å². The van der Waals surface area contributed by atoms with E-state index >= 15 is 0 Å². The number of para-hydroxylation sites is 1. The molecule has 7 heteroatoms. The van der Waals surface area contributed by atoms with Crippen LogP contribution in [0.2, 0.25) is 0 Å². The third-order valence-corrected chi connectivity index (χ3v) is 5.14. The van der Waals surface area contributed by atoms with Crippen molar-refractivity contribution in [2.45, 2.75) is 25.0 Å². The molecule has 1 atom stereocenters. The van der Waals surface area contributed by atoms with Crippen LogP contribution in [0.15, 0.2) is 61.2 Å². The number of hydrogen-bond acceptors (Lipinski definition) is 5. The van der Waals surface area contributed by atoms with Crippen LogP contribution in [0.1, 0.15) is 34.8 Å². The van der Waals surface area contributed by atoms with E-state index in [1.807, 2.05) is 30.3 Å². The first kappa shape index (κ1) is 18.2. The number of amides is 1. The Kier molecular flexibility index (Phi) is 5.08. The minimum absolute atomic E-state index is 0.143. The van der Waals surface area contributed by atoms with Crippen LogP contribution in [0.4, 0.5) is 0 Å². The van der Waals surface area contributed by atoms with E-state index in [0.717, 1.165) is 5.56 Å². The molecule has 4 rings (SSSR count). The van der Waals surface area contributed by atoms with Crippen LogP contribution in [-0.2, 0) is 0 Å². The predicted molar refractivity (Wildman–Crippen MR) is 103 cm³/mol. The molecule has 0 saturated heterocycles. The molecule has 2 heterocycles. The number of rotatable bonds is 6. The number of carbonyl (C=O) groups is 1. The Balaban J connectivity index is 1.63. The van der Waals surface area contributed by atoms with Gasteiger partial charge in [0.05, 0.1) is 36.7 Å². The van der Waals surface area contributed by atoms with E-state index in [2.05, 4.69) is 15.4 Å². The summed E-state index contributed by atoms with van der Waals surface area (Å²) in [6, 6.07) is 10.8. The Labute approximate surface area is 163 Å². The second kappa shape index (κ2) is 7.82. The lowest BCUT2D eigenvalue weighted by atomic mass is 9.75. The summed E-state index contributed by atoms with van der Waals surface area (Å²) in [5.74, 6) is 0.582. The summed E-state index contributed by atoms with van der Waals surface area (Å²) < 4.78 is 6.95. The third kappa shape index (κ3) is 3.61. The highest BCUT2D eigenvalue weighted by Gasteiger charge is 2.36. The molecule has 7 nitrogen and oxygen atoms in total. The Bertz CT molecular complexity index is 952. The largest absolute Gasteiger partial charge is 0.495 e. The van der Waals surface area contributed by atoms with E-state index in [9.17, 15) is 9.90 Å². The Hall–Kier alpha value is -3.19. The summed E-state index contributed by atoms with van der Waals surface area (Å²) in [5, 5.41) is 17.1. The van der Waals surface area contributed by atoms with Gasteiger partial charge in [0.1, 0.15) is 5.75 Å². The first-order chi connectivity index (χ1) is 13.7. The van der Waals surface area contributed by atoms with E-state index in [1.165, 1.54) is 0 Å². The van der Waals surface area contributed by atoms with Crippen molar-refractivity contribution >= 4 is 5.91 Å². The van der Waals surface area contributed by atoms with Crippen molar-refractivity contribution < 1.29 is 14.6 Å². The third-order valence-electron chi connectivity index (χ3n) is 5.14. The summed E-state index contributed by atoms with van der Waals surface area (Å²) in [7, 11) is 1.59. The van der Waals surface area contributed by atoms with Gasteiger partial charge in [0.15, 0.2) is 0 Å². The molecular formula is C21H22N4O3. The molecule has 28 heavy (non-hydrogen) atoms. The number of nitrogens with zero attached hydrogens (tertiary/aromatic N) is 3. The highest BCUT2D eigenvalue weighted by atomic mass is 16.5. The second-order valence-corrected chi connectivity index (χ2v) is 6.96. The first-order valence-electron chi connectivity index (χ1n) is 9.22. The number of hydrogen-bond donors (Lipinski definition) is 2. The molecule has 1 fully saturated rings. The van der Waals surface area contributed by atoms with Gasteiger partial charge in [0.25, 0.3) is 5.91 Å². The molecule has 144 valence electrons. The predicted octanol–water partition coefficient (Wildman–Crippen LogP) is 2.52. The number of aromatic nitrogens is 3. The van der Waals surface area contributed by atoms with Crippen LogP contribution in [0.25, 0.3) is 5.69 Å². The highest BCUT2D eigenvalue weighted by Crippen LogP contribution is 2.38. The van der Waals surface area contributed by atoms with E-state index < -0.39 is 0 Å². The number of pyridine rings is 1. The number of nitrogens with one attached hydrogen (secondary N) is 1. The summed E-state index contributed by atoms with van der Waals surface area (Å²) in [5.41, 5.74) is 2.11. The Morgan fingerprint density at radius 2 is 2.11 bits per heavy atom. The van der Waals surface area contributed by atoms with Crippen LogP contribution in [0, 0.1) is 5.92 Å². The lowest BCUT2D eigenvalue weighted by Gasteiger charge is -2.38. The molecule has 0 bridgehead atoms. The molecule has 3 aromatic rings. The zero-order chi connectivity index (χ0) is 19.5. The van der Waals surface area contributed by atoms with Gasteiger partial charge < -0.3 is 15.2 Å². The quantitative estimate of drug-likeness (QED) is 0.688. The zero-order valence-corrected chi connectivity index (χ0v) is 15.5. The van der Waals surface area contributed by atoms with Crippen molar-refractivity contribution in [2.24, 2.45) is 5.92 Å². The summed E-state index contributed by atoms with van der Waals surface area (Å²) in [6.45, 7) is 0. The number of aliphatic hydroxyl groups excluding tert-OH is 1. The Morgan fingerprint density at radius 3 is 2.82 bits per heavy atom. The average molecular weight is 378 g/mol. The van der Waals surface area contributed by atoms with Gasteiger partial charge in [-0.3, -0.25) is 9.78 Å². The zero-order valence-electron chi connectivity index (χ0n) is 15.5. The Morgan fingerprint density at radius 1 is 1.29 bits per heavy atom. The molecule has 1 saturated carbocycles. The van der Waals surface area contributed by atoms with Crippen LogP contribution < -0.4 is 10.1 Å². The van der Waals surface area contributed by atoms with Crippen LogP contribution in [0.5, 0.6) is 5.75 Å². The molecule has 1 amide bonds. The van der Waals surface area contributed by atoms with Gasteiger partial charge in [-0.1, -0.05) is 12.1 Å². The maximum Gasteiger partial charge on any atom is 0.253 e. The molecule has 0 aliphatic heterocycles. The van der Waals surface area contributed by atoms with Crippen molar-refractivity contribution in [1.29, 1.82) is 0 Å². The number of benzene rings is 1. The van der Waals surface area contributed by atoms with Crippen LogP contribution >= 0.6 is 0 Å². The lowest BCUT2D eigenvalue weighted by molar-refractivity contribution is 0.0234. The summed E-state index contributed by atoms with van der Waals surface area (Å²) in [6.07, 6.45) is 7.81. The fraction of sp³-hybridized carbons (Fsp3) is 0.286. The normalized spacial score (nSPS) is 19.5. The minimum Gasteiger partial charge on any atom is -0.495 e. The molecule has 1 unspecified atom stereocenters. The molecule has 1 aliphatic carbocycles.